The van der Waals surface area contributed by atoms with Gasteiger partial charge in [-0.1, -0.05) is 23.2 Å². The maximum Gasteiger partial charge on any atom is 0.416 e. The predicted molar refractivity (Wildman–Crippen MR) is 146 cm³/mol. The second-order valence-corrected chi connectivity index (χ2v) is 13.2. The third-order valence-electron chi connectivity index (χ3n) is 7.74. The summed E-state index contributed by atoms with van der Waals surface area (Å²) in [6, 6.07) is 4.38. The molecule has 2 aliphatic heterocycles. The number of ether oxygens (including phenoxy) is 1. The van der Waals surface area contributed by atoms with Crippen molar-refractivity contribution < 1.29 is 35.5 Å². The lowest BCUT2D eigenvalue weighted by molar-refractivity contribution is -0.137. The van der Waals surface area contributed by atoms with Gasteiger partial charge < -0.3 is 4.74 Å². The van der Waals surface area contributed by atoms with Gasteiger partial charge in [0, 0.05) is 25.7 Å². The van der Waals surface area contributed by atoms with Crippen molar-refractivity contribution in [3.8, 4) is 5.75 Å². The van der Waals surface area contributed by atoms with Gasteiger partial charge in [-0.25, -0.2) is 9.11 Å². The number of hydrogen-bond donors (Lipinski definition) is 1. The van der Waals surface area contributed by atoms with Crippen LogP contribution in [0.3, 0.4) is 0 Å². The van der Waals surface area contributed by atoms with E-state index in [2.05, 4.69) is 0 Å². The largest absolute Gasteiger partial charge is 0.493 e. The number of nitrogens with one attached hydrogen (secondary N) is 1. The van der Waals surface area contributed by atoms with Gasteiger partial charge in [0.1, 0.15) is 11.6 Å². The van der Waals surface area contributed by atoms with Crippen LogP contribution in [-0.2, 0) is 22.9 Å². The summed E-state index contributed by atoms with van der Waals surface area (Å²) in [5.74, 6) is -1.31. The highest BCUT2D eigenvalue weighted by molar-refractivity contribution is 7.87. The number of rotatable bonds is 9. The van der Waals surface area contributed by atoms with Gasteiger partial charge in [-0.3, -0.25) is 9.69 Å². The Morgan fingerprint density at radius 1 is 1.02 bits per heavy atom. The van der Waals surface area contributed by atoms with Crippen LogP contribution in [-0.4, -0.2) is 56.3 Å². The molecule has 0 unspecified atom stereocenters. The Labute approximate surface area is 245 Å². The van der Waals surface area contributed by atoms with E-state index in [-0.39, 0.29) is 34.0 Å². The molecule has 7 nitrogen and oxygen atoms in total. The first-order valence-corrected chi connectivity index (χ1v) is 15.6. The monoisotopic (exact) mass is 637 g/mol. The van der Waals surface area contributed by atoms with Gasteiger partial charge in [-0.2, -0.15) is 25.9 Å². The predicted octanol–water partition coefficient (Wildman–Crippen LogP) is 6.00. The SMILES string of the molecule is O=C(NS(=O)(=O)N1CCC1)c1cc(C2CC2)c(OCC2CCN(Cc3cc(C(F)(F)F)cc(Cl)c3Cl)CC2)cc1F. The number of nitrogens with zero attached hydrogens (tertiary/aromatic N) is 2. The minimum Gasteiger partial charge on any atom is -0.493 e. The Morgan fingerprint density at radius 3 is 2.29 bits per heavy atom. The molecule has 14 heteroatoms. The number of benzene rings is 2. The van der Waals surface area contributed by atoms with E-state index in [0.717, 1.165) is 35.3 Å². The number of alkyl halides is 3. The number of halogens is 6. The van der Waals surface area contributed by atoms with Crippen LogP contribution in [0.15, 0.2) is 24.3 Å². The molecule has 0 atom stereocenters. The van der Waals surface area contributed by atoms with Gasteiger partial charge in [-0.15, -0.1) is 0 Å². The van der Waals surface area contributed by atoms with Crippen molar-refractivity contribution >= 4 is 39.3 Å². The second kappa shape index (κ2) is 11.9. The minimum absolute atomic E-state index is 0.107. The lowest BCUT2D eigenvalue weighted by Crippen LogP contribution is -2.49. The highest BCUT2D eigenvalue weighted by Gasteiger charge is 2.34. The van der Waals surface area contributed by atoms with Crippen molar-refractivity contribution in [2.45, 2.75) is 50.7 Å². The standard InChI is InChI=1S/C27H29Cl2F4N3O4S/c28-22-11-19(27(31,32)33)10-18(25(22)29)14-35-8-4-16(5-9-35)15-40-24-13-23(30)21(12-20(24)17-2-3-17)26(37)34-41(38,39)36-6-1-7-36/h10-13,16-17H,1-9,14-15H2,(H,34,37). The Morgan fingerprint density at radius 2 is 1.71 bits per heavy atom. The molecule has 3 aliphatic rings. The van der Waals surface area contributed by atoms with Gasteiger partial charge in [0.05, 0.1) is 27.8 Å². The van der Waals surface area contributed by atoms with E-state index in [4.69, 9.17) is 27.9 Å². The normalized spacial score (nSPS) is 19.2. The topological polar surface area (TPSA) is 79.0 Å². The van der Waals surface area contributed by atoms with E-state index in [1.807, 2.05) is 9.62 Å². The van der Waals surface area contributed by atoms with Gasteiger partial charge in [0.2, 0.25) is 0 Å². The molecule has 2 aromatic rings. The molecule has 0 spiro atoms. The van der Waals surface area contributed by atoms with E-state index in [9.17, 15) is 30.8 Å². The van der Waals surface area contributed by atoms with Crippen LogP contribution in [0, 0.1) is 11.7 Å². The summed E-state index contributed by atoms with van der Waals surface area (Å²) < 4.78 is 88.3. The molecule has 3 fully saturated rings. The molecular formula is C27H29Cl2F4N3O4S. The molecule has 1 amide bonds. The molecule has 1 aliphatic carbocycles. The molecule has 2 heterocycles. The first-order valence-electron chi connectivity index (χ1n) is 13.4. The smallest absolute Gasteiger partial charge is 0.416 e. The Bertz CT molecular complexity index is 1420. The second-order valence-electron chi connectivity index (χ2n) is 10.8. The van der Waals surface area contributed by atoms with Crippen molar-refractivity contribution in [1.29, 1.82) is 0 Å². The summed E-state index contributed by atoms with van der Waals surface area (Å²) in [5.41, 5.74) is -0.200. The number of amides is 1. The van der Waals surface area contributed by atoms with Crippen LogP contribution in [0.4, 0.5) is 17.6 Å². The molecule has 1 N–H and O–H groups in total. The minimum atomic E-state index is -4.53. The van der Waals surface area contributed by atoms with Crippen LogP contribution in [0.5, 0.6) is 5.75 Å². The Hall–Kier alpha value is -2.12. The molecule has 5 rings (SSSR count). The highest BCUT2D eigenvalue weighted by Crippen LogP contribution is 2.45. The summed E-state index contributed by atoms with van der Waals surface area (Å²) in [4.78, 5) is 14.6. The fraction of sp³-hybridized carbons (Fsp3) is 0.519. The van der Waals surface area contributed by atoms with Gasteiger partial charge in [-0.05, 0) is 86.4 Å². The van der Waals surface area contributed by atoms with Crippen LogP contribution in [0.2, 0.25) is 10.0 Å². The summed E-state index contributed by atoms with van der Waals surface area (Å²) in [6.07, 6.45) is -0.689. The summed E-state index contributed by atoms with van der Waals surface area (Å²) in [7, 11) is -4.01. The van der Waals surface area contributed by atoms with Crippen molar-refractivity contribution in [3.63, 3.8) is 0 Å². The van der Waals surface area contributed by atoms with Crippen molar-refractivity contribution in [3.05, 3.63) is 62.4 Å². The summed E-state index contributed by atoms with van der Waals surface area (Å²) in [5, 5.41) is -0.0326. The molecule has 0 aromatic heterocycles. The van der Waals surface area contributed by atoms with Gasteiger partial charge in [0.25, 0.3) is 5.91 Å². The molecule has 2 aromatic carbocycles. The number of piperidine rings is 1. The lowest BCUT2D eigenvalue weighted by Gasteiger charge is -2.32. The van der Waals surface area contributed by atoms with E-state index in [0.29, 0.717) is 68.9 Å². The fourth-order valence-electron chi connectivity index (χ4n) is 5.03. The Kier molecular flexibility index (Phi) is 8.78. The first-order chi connectivity index (χ1) is 19.3. The van der Waals surface area contributed by atoms with Crippen molar-refractivity contribution in [1.82, 2.24) is 13.9 Å². The zero-order chi connectivity index (χ0) is 29.5. The van der Waals surface area contributed by atoms with Crippen LogP contribution < -0.4 is 9.46 Å². The highest BCUT2D eigenvalue weighted by atomic mass is 35.5. The van der Waals surface area contributed by atoms with E-state index >= 15 is 0 Å². The molecule has 1 saturated carbocycles. The zero-order valence-electron chi connectivity index (χ0n) is 21.9. The van der Waals surface area contributed by atoms with Crippen LogP contribution in [0.25, 0.3) is 0 Å². The molecule has 0 bridgehead atoms. The van der Waals surface area contributed by atoms with Crippen LogP contribution >= 0.6 is 23.2 Å². The molecule has 0 radical (unpaired) electrons. The van der Waals surface area contributed by atoms with Crippen molar-refractivity contribution in [2.24, 2.45) is 5.92 Å². The van der Waals surface area contributed by atoms with Gasteiger partial charge in [0.15, 0.2) is 0 Å². The van der Waals surface area contributed by atoms with Gasteiger partial charge >= 0.3 is 16.4 Å². The van der Waals surface area contributed by atoms with Crippen LogP contribution in [0.1, 0.15) is 65.1 Å². The average molecular weight is 639 g/mol. The third kappa shape index (κ3) is 7.10. The summed E-state index contributed by atoms with van der Waals surface area (Å²) >= 11 is 12.1. The number of likely N-dealkylation sites (tertiary alicyclic amines) is 1. The summed E-state index contributed by atoms with van der Waals surface area (Å²) in [6.45, 7) is 2.37. The maximum atomic E-state index is 15.0. The van der Waals surface area contributed by atoms with Crippen molar-refractivity contribution in [2.75, 3.05) is 32.8 Å². The Balaban J connectivity index is 1.19. The molecule has 224 valence electrons. The average Bonchev–Trinajstić information content (AvgIpc) is 3.69. The maximum absolute atomic E-state index is 15.0. The van der Waals surface area contributed by atoms with E-state index in [1.165, 1.54) is 6.07 Å². The number of carbonyl (C=O) groups is 1. The lowest BCUT2D eigenvalue weighted by atomic mass is 9.97. The zero-order valence-corrected chi connectivity index (χ0v) is 24.3. The fourth-order valence-corrected chi connectivity index (χ4v) is 6.65. The molecule has 2 saturated heterocycles. The molecule has 41 heavy (non-hydrogen) atoms. The number of hydrogen-bond acceptors (Lipinski definition) is 5. The van der Waals surface area contributed by atoms with E-state index < -0.39 is 33.7 Å². The quantitative estimate of drug-likeness (QED) is 0.341. The number of carbonyl (C=O) groups excluding carboxylic acids is 1. The van der Waals surface area contributed by atoms with E-state index in [1.54, 1.807) is 0 Å². The third-order valence-corrected chi connectivity index (χ3v) is 10.1. The first kappa shape index (κ1) is 30.3. The molecular weight excluding hydrogens is 609 g/mol.